The van der Waals surface area contributed by atoms with E-state index in [1.165, 1.54) is 18.6 Å². The number of hydrogen-bond acceptors (Lipinski definition) is 2. The van der Waals surface area contributed by atoms with Gasteiger partial charge >= 0.3 is 12.0 Å². The lowest BCUT2D eigenvalue weighted by Crippen LogP contribution is -2.35. The van der Waals surface area contributed by atoms with Gasteiger partial charge in [-0.2, -0.15) is 0 Å². The van der Waals surface area contributed by atoms with Crippen LogP contribution in [0.1, 0.15) is 29.6 Å². The molecule has 1 aromatic rings. The molecule has 5 nitrogen and oxygen atoms in total. The minimum Gasteiger partial charge on any atom is -0.478 e. The summed E-state index contributed by atoms with van der Waals surface area (Å²) in [5, 5.41) is 14.4. The molecule has 0 spiro atoms. The SMILES string of the molecule is O=C(NCC1CCC1)Nc1ccc(Cl)c(C(=O)O)c1. The molecule has 6 heteroatoms. The van der Waals surface area contributed by atoms with Crippen molar-refractivity contribution in [2.24, 2.45) is 5.92 Å². The summed E-state index contributed by atoms with van der Waals surface area (Å²) in [6.07, 6.45) is 3.54. The van der Waals surface area contributed by atoms with Gasteiger partial charge in [0.15, 0.2) is 0 Å². The maximum Gasteiger partial charge on any atom is 0.337 e. The first-order valence-electron chi connectivity index (χ1n) is 6.14. The van der Waals surface area contributed by atoms with E-state index in [0.717, 1.165) is 12.8 Å². The van der Waals surface area contributed by atoms with E-state index in [2.05, 4.69) is 10.6 Å². The van der Waals surface area contributed by atoms with Crippen molar-refractivity contribution in [3.63, 3.8) is 0 Å². The van der Waals surface area contributed by atoms with Gasteiger partial charge in [0.2, 0.25) is 0 Å². The van der Waals surface area contributed by atoms with E-state index in [4.69, 9.17) is 16.7 Å². The van der Waals surface area contributed by atoms with Crippen molar-refractivity contribution < 1.29 is 14.7 Å². The number of amides is 2. The molecule has 0 heterocycles. The molecule has 0 saturated heterocycles. The number of aromatic carboxylic acids is 1. The van der Waals surface area contributed by atoms with Crippen molar-refractivity contribution in [3.05, 3.63) is 28.8 Å². The summed E-state index contributed by atoms with van der Waals surface area (Å²) in [5.74, 6) is -0.547. The number of carboxylic acid groups (broad SMARTS) is 1. The van der Waals surface area contributed by atoms with Gasteiger partial charge in [0.25, 0.3) is 0 Å². The van der Waals surface area contributed by atoms with Gasteiger partial charge in [0.1, 0.15) is 0 Å². The van der Waals surface area contributed by atoms with Gasteiger partial charge < -0.3 is 15.7 Å². The van der Waals surface area contributed by atoms with Crippen LogP contribution in [-0.4, -0.2) is 23.7 Å². The normalized spacial score (nSPS) is 14.6. The Bertz CT molecular complexity index is 501. The highest BCUT2D eigenvalue weighted by atomic mass is 35.5. The number of carboxylic acids is 1. The minimum atomic E-state index is -1.12. The minimum absolute atomic E-state index is 0.0292. The van der Waals surface area contributed by atoms with Crippen molar-refractivity contribution >= 4 is 29.3 Å². The summed E-state index contributed by atoms with van der Waals surface area (Å²) in [4.78, 5) is 22.5. The van der Waals surface area contributed by atoms with Crippen LogP contribution in [0.25, 0.3) is 0 Å². The van der Waals surface area contributed by atoms with Gasteiger partial charge in [-0.25, -0.2) is 9.59 Å². The number of hydrogen-bond donors (Lipinski definition) is 3. The monoisotopic (exact) mass is 282 g/mol. The summed E-state index contributed by atoms with van der Waals surface area (Å²) < 4.78 is 0. The Hall–Kier alpha value is -1.75. The summed E-state index contributed by atoms with van der Waals surface area (Å²) in [6.45, 7) is 0.658. The molecular weight excluding hydrogens is 268 g/mol. The Balaban J connectivity index is 1.92. The van der Waals surface area contributed by atoms with E-state index in [9.17, 15) is 9.59 Å². The lowest BCUT2D eigenvalue weighted by atomic mass is 9.85. The Morgan fingerprint density at radius 3 is 2.68 bits per heavy atom. The molecule has 0 radical (unpaired) electrons. The molecule has 2 amide bonds. The Morgan fingerprint density at radius 2 is 2.11 bits per heavy atom. The quantitative estimate of drug-likeness (QED) is 0.794. The van der Waals surface area contributed by atoms with E-state index in [1.807, 2.05) is 0 Å². The summed E-state index contributed by atoms with van der Waals surface area (Å²) in [5.41, 5.74) is 0.381. The van der Waals surface area contributed by atoms with E-state index >= 15 is 0 Å². The summed E-state index contributed by atoms with van der Waals surface area (Å²) in [6, 6.07) is 4.03. The third-order valence-electron chi connectivity index (χ3n) is 3.23. The van der Waals surface area contributed by atoms with Crippen molar-refractivity contribution in [1.29, 1.82) is 0 Å². The van der Waals surface area contributed by atoms with Gasteiger partial charge in [-0.15, -0.1) is 0 Å². The molecule has 1 fully saturated rings. The van der Waals surface area contributed by atoms with Crippen LogP contribution in [0.3, 0.4) is 0 Å². The Labute approximate surface area is 116 Å². The van der Waals surface area contributed by atoms with Crippen LogP contribution in [-0.2, 0) is 0 Å². The Morgan fingerprint density at radius 1 is 1.37 bits per heavy atom. The van der Waals surface area contributed by atoms with Crippen LogP contribution >= 0.6 is 11.6 Å². The number of rotatable bonds is 4. The van der Waals surface area contributed by atoms with Crippen LogP contribution < -0.4 is 10.6 Å². The number of anilines is 1. The predicted molar refractivity (Wildman–Crippen MR) is 72.8 cm³/mol. The second-order valence-corrected chi connectivity index (χ2v) is 5.04. The molecule has 0 bridgehead atoms. The molecule has 0 atom stereocenters. The molecule has 1 aliphatic carbocycles. The number of nitrogens with one attached hydrogen (secondary N) is 2. The number of carbonyl (C=O) groups is 2. The second-order valence-electron chi connectivity index (χ2n) is 4.63. The topological polar surface area (TPSA) is 78.4 Å². The average molecular weight is 283 g/mol. The van der Waals surface area contributed by atoms with Crippen molar-refractivity contribution in [1.82, 2.24) is 5.32 Å². The molecule has 1 saturated carbocycles. The maximum absolute atomic E-state index is 11.6. The first kappa shape index (κ1) is 13.7. The van der Waals surface area contributed by atoms with Gasteiger partial charge in [-0.05, 0) is 37.0 Å². The predicted octanol–water partition coefficient (Wildman–Crippen LogP) is 2.96. The molecular formula is C13H15ClN2O3. The fourth-order valence-corrected chi connectivity index (χ4v) is 2.07. The highest BCUT2D eigenvalue weighted by Gasteiger charge is 2.18. The summed E-state index contributed by atoms with van der Waals surface area (Å²) in [7, 11) is 0. The standard InChI is InChI=1S/C13H15ClN2O3/c14-11-5-4-9(6-10(11)12(17)18)16-13(19)15-7-8-2-1-3-8/h4-6,8H,1-3,7H2,(H,17,18)(H2,15,16,19). The van der Waals surface area contributed by atoms with E-state index in [1.54, 1.807) is 6.07 Å². The molecule has 0 unspecified atom stereocenters. The van der Waals surface area contributed by atoms with Crippen LogP contribution in [0.15, 0.2) is 18.2 Å². The lowest BCUT2D eigenvalue weighted by Gasteiger charge is -2.25. The zero-order valence-electron chi connectivity index (χ0n) is 10.3. The number of urea groups is 1. The molecule has 0 aliphatic heterocycles. The van der Waals surface area contributed by atoms with Gasteiger partial charge in [-0.1, -0.05) is 18.0 Å². The zero-order chi connectivity index (χ0) is 13.8. The molecule has 19 heavy (non-hydrogen) atoms. The van der Waals surface area contributed by atoms with Crippen LogP contribution in [0, 0.1) is 5.92 Å². The molecule has 1 aliphatic rings. The first-order chi connectivity index (χ1) is 9.06. The molecule has 102 valence electrons. The Kier molecular flexibility index (Phi) is 4.27. The van der Waals surface area contributed by atoms with Gasteiger partial charge in [-0.3, -0.25) is 0 Å². The average Bonchev–Trinajstić information content (AvgIpc) is 2.29. The third kappa shape index (κ3) is 3.61. The van der Waals surface area contributed by atoms with Crippen molar-refractivity contribution in [2.45, 2.75) is 19.3 Å². The first-order valence-corrected chi connectivity index (χ1v) is 6.52. The molecule has 1 aromatic carbocycles. The maximum atomic E-state index is 11.6. The van der Waals surface area contributed by atoms with Gasteiger partial charge in [0.05, 0.1) is 10.6 Å². The highest BCUT2D eigenvalue weighted by molar-refractivity contribution is 6.33. The molecule has 3 N–H and O–H groups in total. The number of benzene rings is 1. The van der Waals surface area contributed by atoms with Crippen molar-refractivity contribution in [3.8, 4) is 0 Å². The number of carbonyl (C=O) groups excluding carboxylic acids is 1. The highest BCUT2D eigenvalue weighted by Crippen LogP contribution is 2.25. The molecule has 2 rings (SSSR count). The molecule has 0 aromatic heterocycles. The zero-order valence-corrected chi connectivity index (χ0v) is 11.0. The second kappa shape index (κ2) is 5.93. The summed E-state index contributed by atoms with van der Waals surface area (Å²) >= 11 is 5.75. The lowest BCUT2D eigenvalue weighted by molar-refractivity contribution is 0.0697. The number of halogens is 1. The smallest absolute Gasteiger partial charge is 0.337 e. The van der Waals surface area contributed by atoms with Crippen LogP contribution in [0.5, 0.6) is 0 Å². The van der Waals surface area contributed by atoms with E-state index < -0.39 is 5.97 Å². The van der Waals surface area contributed by atoms with Crippen molar-refractivity contribution in [2.75, 3.05) is 11.9 Å². The third-order valence-corrected chi connectivity index (χ3v) is 3.56. The largest absolute Gasteiger partial charge is 0.478 e. The van der Waals surface area contributed by atoms with E-state index in [-0.39, 0.29) is 16.6 Å². The van der Waals surface area contributed by atoms with Crippen LogP contribution in [0.4, 0.5) is 10.5 Å². The fourth-order valence-electron chi connectivity index (χ4n) is 1.88. The van der Waals surface area contributed by atoms with E-state index in [0.29, 0.717) is 18.2 Å². The van der Waals surface area contributed by atoms with Gasteiger partial charge in [0, 0.05) is 12.2 Å². The fraction of sp³-hybridized carbons (Fsp3) is 0.385. The van der Waals surface area contributed by atoms with Crippen LogP contribution in [0.2, 0.25) is 5.02 Å².